The van der Waals surface area contributed by atoms with Gasteiger partial charge in [-0.1, -0.05) is 44.9 Å². The number of rotatable bonds is 7. The lowest BCUT2D eigenvalue weighted by Gasteiger charge is -2.34. The second-order valence-electron chi connectivity index (χ2n) is 9.27. The number of nitrogens with one attached hydrogen (secondary N) is 2. The van der Waals surface area contributed by atoms with Crippen LogP contribution >= 0.6 is 0 Å². The predicted molar refractivity (Wildman–Crippen MR) is 137 cm³/mol. The van der Waals surface area contributed by atoms with Crippen molar-refractivity contribution in [1.29, 1.82) is 0 Å². The molecule has 1 aromatic heterocycles. The molecule has 2 N–H and O–H groups in total. The first kappa shape index (κ1) is 25.2. The van der Waals surface area contributed by atoms with E-state index in [-0.39, 0.29) is 24.2 Å². The average molecular weight is 493 g/mol. The molecule has 2 amide bonds. The fourth-order valence-corrected chi connectivity index (χ4v) is 4.77. The van der Waals surface area contributed by atoms with Crippen molar-refractivity contribution in [3.63, 3.8) is 0 Å². The number of aromatic nitrogens is 2. The van der Waals surface area contributed by atoms with Gasteiger partial charge in [-0.3, -0.25) is 14.4 Å². The van der Waals surface area contributed by atoms with Crippen LogP contribution in [0.15, 0.2) is 47.3 Å². The lowest BCUT2D eigenvalue weighted by molar-refractivity contribution is -0.121. The van der Waals surface area contributed by atoms with Gasteiger partial charge in [0.05, 0.1) is 26.2 Å². The van der Waals surface area contributed by atoms with Crippen molar-refractivity contribution < 1.29 is 19.1 Å². The van der Waals surface area contributed by atoms with E-state index in [1.165, 1.54) is 14.2 Å². The van der Waals surface area contributed by atoms with Crippen LogP contribution in [-0.4, -0.2) is 48.4 Å². The number of amides is 2. The first-order valence-electron chi connectivity index (χ1n) is 12.2. The number of hydrogen-bond donors (Lipinski definition) is 2. The van der Waals surface area contributed by atoms with Crippen LogP contribution in [0, 0.1) is 11.8 Å². The summed E-state index contributed by atoms with van der Waals surface area (Å²) in [4.78, 5) is 39.1. The van der Waals surface area contributed by atoms with Crippen LogP contribution in [0.1, 0.15) is 43.6 Å². The fourth-order valence-electron chi connectivity index (χ4n) is 4.77. The molecule has 1 saturated carbocycles. The summed E-state index contributed by atoms with van der Waals surface area (Å²) in [7, 11) is 3.01. The summed E-state index contributed by atoms with van der Waals surface area (Å²) in [6.45, 7) is 4.17. The van der Waals surface area contributed by atoms with Gasteiger partial charge >= 0.3 is 0 Å². The van der Waals surface area contributed by atoms with Crippen molar-refractivity contribution in [3.05, 3.63) is 58.5 Å². The first-order chi connectivity index (χ1) is 17.3. The third-order valence-electron chi connectivity index (χ3n) is 7.10. The smallest absolute Gasteiger partial charge is 0.279 e. The molecule has 9 heteroatoms. The van der Waals surface area contributed by atoms with Gasteiger partial charge in [-0.15, -0.1) is 0 Å². The largest absolute Gasteiger partial charge is 0.497 e. The summed E-state index contributed by atoms with van der Waals surface area (Å²) < 4.78 is 11.8. The molecule has 190 valence electrons. The lowest BCUT2D eigenvalue weighted by atomic mass is 9.78. The van der Waals surface area contributed by atoms with Crippen molar-refractivity contribution in [3.8, 4) is 17.2 Å². The molecule has 0 bridgehead atoms. The number of benzene rings is 2. The maximum Gasteiger partial charge on any atom is 0.279 e. The van der Waals surface area contributed by atoms with Crippen molar-refractivity contribution in [1.82, 2.24) is 20.4 Å². The molecule has 0 radical (unpaired) electrons. The van der Waals surface area contributed by atoms with Crippen molar-refractivity contribution in [2.75, 3.05) is 20.8 Å². The van der Waals surface area contributed by atoms with Crippen molar-refractivity contribution in [2.45, 2.75) is 39.2 Å². The molecular weight excluding hydrogens is 460 g/mol. The topological polar surface area (TPSA) is 112 Å². The van der Waals surface area contributed by atoms with E-state index in [9.17, 15) is 14.4 Å². The number of fused-ring (bicyclic) bond motifs is 1. The van der Waals surface area contributed by atoms with Crippen molar-refractivity contribution >= 4 is 22.6 Å². The molecule has 1 heterocycles. The summed E-state index contributed by atoms with van der Waals surface area (Å²) in [5, 5.41) is 10.8. The van der Waals surface area contributed by atoms with Crippen LogP contribution in [0.3, 0.4) is 0 Å². The zero-order valence-electron chi connectivity index (χ0n) is 21.0. The minimum atomic E-state index is -0.548. The highest BCUT2D eigenvalue weighted by Crippen LogP contribution is 2.29. The monoisotopic (exact) mass is 492 g/mol. The van der Waals surface area contributed by atoms with Gasteiger partial charge in [0.2, 0.25) is 5.91 Å². The van der Waals surface area contributed by atoms with Gasteiger partial charge in [0, 0.05) is 17.5 Å². The minimum Gasteiger partial charge on any atom is -0.497 e. The van der Waals surface area contributed by atoms with Crippen LogP contribution < -0.4 is 25.7 Å². The van der Waals surface area contributed by atoms with E-state index < -0.39 is 11.5 Å². The number of hydrogen-bond acceptors (Lipinski definition) is 6. The highest BCUT2D eigenvalue weighted by atomic mass is 16.5. The molecule has 2 aromatic carbocycles. The number of ether oxygens (including phenoxy) is 2. The van der Waals surface area contributed by atoms with Gasteiger partial charge < -0.3 is 20.1 Å². The standard InChI is InChI=1S/C27H32N4O5/c1-16-8-7-11-21(17(16)2)29-24(32)15-28-26(33)25-19-9-5-6-10-20(19)27(34)31(30-25)22-13-12-18(35-3)14-23(22)36-4/h5-6,9-10,12-14,16-17,21H,7-8,11,15H2,1-4H3,(H,28,33)(H,29,32)/t16-,17-,21-/m1/s1. The highest BCUT2D eigenvalue weighted by Gasteiger charge is 2.28. The molecule has 36 heavy (non-hydrogen) atoms. The number of carbonyl (C=O) groups excluding carboxylic acids is 2. The molecule has 1 aliphatic carbocycles. The van der Waals surface area contributed by atoms with Gasteiger partial charge in [-0.05, 0) is 36.5 Å². The van der Waals surface area contributed by atoms with E-state index >= 15 is 0 Å². The van der Waals surface area contributed by atoms with E-state index in [4.69, 9.17) is 9.47 Å². The Balaban J connectivity index is 1.62. The van der Waals surface area contributed by atoms with E-state index in [1.807, 2.05) is 0 Å². The third kappa shape index (κ3) is 5.05. The zero-order chi connectivity index (χ0) is 25.8. The zero-order valence-corrected chi connectivity index (χ0v) is 21.0. The van der Waals surface area contributed by atoms with Gasteiger partial charge in [0.1, 0.15) is 17.2 Å². The van der Waals surface area contributed by atoms with Crippen molar-refractivity contribution in [2.24, 2.45) is 11.8 Å². The molecule has 1 aliphatic rings. The Morgan fingerprint density at radius 1 is 1.06 bits per heavy atom. The molecule has 0 aliphatic heterocycles. The Morgan fingerprint density at radius 2 is 1.81 bits per heavy atom. The summed E-state index contributed by atoms with van der Waals surface area (Å²) in [5.74, 6) is 1.05. The maximum absolute atomic E-state index is 13.3. The van der Waals surface area contributed by atoms with Gasteiger partial charge in [0.25, 0.3) is 11.5 Å². The highest BCUT2D eigenvalue weighted by molar-refractivity contribution is 6.05. The Morgan fingerprint density at radius 3 is 2.53 bits per heavy atom. The molecule has 1 fully saturated rings. The van der Waals surface area contributed by atoms with E-state index in [0.717, 1.165) is 23.9 Å². The van der Waals surface area contributed by atoms with Crippen LogP contribution in [0.4, 0.5) is 0 Å². The fraction of sp³-hybridized carbons (Fsp3) is 0.407. The Hall–Kier alpha value is -3.88. The Labute approximate surface area is 209 Å². The maximum atomic E-state index is 13.3. The van der Waals surface area contributed by atoms with Crippen LogP contribution in [0.25, 0.3) is 16.5 Å². The normalized spacial score (nSPS) is 19.5. The van der Waals surface area contributed by atoms with E-state index in [1.54, 1.807) is 42.5 Å². The second kappa shape index (κ2) is 10.8. The first-order valence-corrected chi connectivity index (χ1v) is 12.2. The molecule has 9 nitrogen and oxygen atoms in total. The summed E-state index contributed by atoms with van der Waals surface area (Å²) in [5.41, 5.74) is 0.000505. The molecular formula is C27H32N4O5. The molecule has 0 spiro atoms. The Kier molecular flexibility index (Phi) is 7.57. The van der Waals surface area contributed by atoms with Crippen LogP contribution in [-0.2, 0) is 4.79 Å². The van der Waals surface area contributed by atoms with E-state index in [0.29, 0.717) is 39.8 Å². The molecule has 0 saturated heterocycles. The molecule has 3 aromatic rings. The van der Waals surface area contributed by atoms with Gasteiger partial charge in [0.15, 0.2) is 5.69 Å². The molecule has 3 atom stereocenters. The van der Waals surface area contributed by atoms with E-state index in [2.05, 4.69) is 29.6 Å². The third-order valence-corrected chi connectivity index (χ3v) is 7.10. The Bertz CT molecular complexity index is 1340. The van der Waals surface area contributed by atoms with Crippen LogP contribution in [0.2, 0.25) is 0 Å². The second-order valence-corrected chi connectivity index (χ2v) is 9.27. The number of nitrogens with zero attached hydrogens (tertiary/aromatic N) is 2. The van der Waals surface area contributed by atoms with Crippen LogP contribution in [0.5, 0.6) is 11.5 Å². The average Bonchev–Trinajstić information content (AvgIpc) is 2.90. The lowest BCUT2D eigenvalue weighted by Crippen LogP contribution is -2.47. The van der Waals surface area contributed by atoms with Gasteiger partial charge in [-0.2, -0.15) is 9.78 Å². The summed E-state index contributed by atoms with van der Waals surface area (Å²) in [6.07, 6.45) is 3.18. The number of carbonyl (C=O) groups is 2. The minimum absolute atomic E-state index is 0.0375. The molecule has 0 unspecified atom stereocenters. The van der Waals surface area contributed by atoms with Gasteiger partial charge in [-0.25, -0.2) is 0 Å². The predicted octanol–water partition coefficient (Wildman–Crippen LogP) is 3.07. The summed E-state index contributed by atoms with van der Waals surface area (Å²) >= 11 is 0. The molecule has 4 rings (SSSR count). The number of methoxy groups -OCH3 is 2. The quantitative estimate of drug-likeness (QED) is 0.524. The summed E-state index contributed by atoms with van der Waals surface area (Å²) in [6, 6.07) is 11.8. The SMILES string of the molecule is COc1ccc(-n2nc(C(=O)NCC(=O)N[C@@H]3CCC[C@@H](C)[C@H]3C)c3ccccc3c2=O)c(OC)c1.